The van der Waals surface area contributed by atoms with Crippen LogP contribution in [0, 0.1) is 6.92 Å². The molecule has 0 spiro atoms. The van der Waals surface area contributed by atoms with Crippen molar-refractivity contribution in [2.75, 3.05) is 26.8 Å². The molecule has 0 aliphatic heterocycles. The van der Waals surface area contributed by atoms with Crippen LogP contribution in [0.15, 0.2) is 48.5 Å². The Morgan fingerprint density at radius 3 is 2.43 bits per heavy atom. The molecule has 0 bridgehead atoms. The van der Waals surface area contributed by atoms with Crippen molar-refractivity contribution in [2.24, 2.45) is 0 Å². The number of ether oxygens (including phenoxy) is 2. The van der Waals surface area contributed by atoms with Gasteiger partial charge in [0.25, 0.3) is 0 Å². The Morgan fingerprint density at radius 2 is 1.71 bits per heavy atom. The summed E-state index contributed by atoms with van der Waals surface area (Å²) in [4.78, 5) is 0. The fraction of sp³-hybridized carbons (Fsp3) is 0.333. The van der Waals surface area contributed by atoms with E-state index in [-0.39, 0.29) is 0 Å². The van der Waals surface area contributed by atoms with E-state index >= 15 is 0 Å². The lowest BCUT2D eigenvalue weighted by atomic mass is 10.1. The van der Waals surface area contributed by atoms with Gasteiger partial charge in [0.05, 0.1) is 7.11 Å². The highest BCUT2D eigenvalue weighted by molar-refractivity contribution is 5.31. The SMILES string of the molecule is COc1ccc(OCCNCCc2cccc(C)c2)cc1. The van der Waals surface area contributed by atoms with Gasteiger partial charge in [-0.25, -0.2) is 0 Å². The van der Waals surface area contributed by atoms with Gasteiger partial charge in [-0.1, -0.05) is 29.8 Å². The number of hydrogen-bond donors (Lipinski definition) is 1. The summed E-state index contributed by atoms with van der Waals surface area (Å²) in [6.45, 7) is 4.60. The van der Waals surface area contributed by atoms with E-state index in [0.29, 0.717) is 6.61 Å². The van der Waals surface area contributed by atoms with Crippen LogP contribution in [0.25, 0.3) is 0 Å². The van der Waals surface area contributed by atoms with Crippen LogP contribution in [0.3, 0.4) is 0 Å². The van der Waals surface area contributed by atoms with E-state index in [4.69, 9.17) is 9.47 Å². The minimum Gasteiger partial charge on any atom is -0.497 e. The van der Waals surface area contributed by atoms with E-state index in [9.17, 15) is 0 Å². The molecule has 3 heteroatoms. The van der Waals surface area contributed by atoms with Gasteiger partial charge in [0.2, 0.25) is 0 Å². The van der Waals surface area contributed by atoms with Gasteiger partial charge in [-0.3, -0.25) is 0 Å². The van der Waals surface area contributed by atoms with Gasteiger partial charge in [-0.2, -0.15) is 0 Å². The fourth-order valence-electron chi connectivity index (χ4n) is 2.14. The van der Waals surface area contributed by atoms with Crippen molar-refractivity contribution >= 4 is 0 Å². The first-order chi connectivity index (χ1) is 10.3. The Bertz CT molecular complexity index is 537. The van der Waals surface area contributed by atoms with Crippen LogP contribution < -0.4 is 14.8 Å². The normalized spacial score (nSPS) is 10.4. The van der Waals surface area contributed by atoms with Crippen molar-refractivity contribution in [3.8, 4) is 11.5 Å². The van der Waals surface area contributed by atoms with Gasteiger partial charge >= 0.3 is 0 Å². The second kappa shape index (κ2) is 8.32. The number of rotatable bonds is 8. The summed E-state index contributed by atoms with van der Waals surface area (Å²) in [6, 6.07) is 16.3. The minimum atomic E-state index is 0.667. The van der Waals surface area contributed by atoms with E-state index in [1.165, 1.54) is 11.1 Å². The van der Waals surface area contributed by atoms with Crippen LogP contribution in [-0.4, -0.2) is 26.8 Å². The third-order valence-corrected chi connectivity index (χ3v) is 3.28. The Balaban J connectivity index is 1.59. The molecule has 1 N–H and O–H groups in total. The lowest BCUT2D eigenvalue weighted by molar-refractivity contribution is 0.313. The minimum absolute atomic E-state index is 0.667. The summed E-state index contributed by atoms with van der Waals surface area (Å²) in [5.41, 5.74) is 2.69. The zero-order chi connectivity index (χ0) is 14.9. The zero-order valence-electron chi connectivity index (χ0n) is 12.8. The van der Waals surface area contributed by atoms with Crippen LogP contribution in [0.4, 0.5) is 0 Å². The highest BCUT2D eigenvalue weighted by Gasteiger charge is 1.96. The first kappa shape index (κ1) is 15.4. The summed E-state index contributed by atoms with van der Waals surface area (Å²) in [7, 11) is 1.66. The van der Waals surface area contributed by atoms with Crippen molar-refractivity contribution < 1.29 is 9.47 Å². The van der Waals surface area contributed by atoms with E-state index in [1.807, 2.05) is 24.3 Å². The molecule has 2 aromatic carbocycles. The van der Waals surface area contributed by atoms with Crippen molar-refractivity contribution in [1.29, 1.82) is 0 Å². The molecule has 0 radical (unpaired) electrons. The maximum Gasteiger partial charge on any atom is 0.119 e. The molecular formula is C18H23NO2. The molecule has 0 saturated heterocycles. The topological polar surface area (TPSA) is 30.5 Å². The maximum atomic E-state index is 5.66. The highest BCUT2D eigenvalue weighted by atomic mass is 16.5. The molecule has 0 atom stereocenters. The van der Waals surface area contributed by atoms with Crippen LogP contribution in [0.1, 0.15) is 11.1 Å². The van der Waals surface area contributed by atoms with Gasteiger partial charge in [-0.15, -0.1) is 0 Å². The molecule has 0 aliphatic rings. The summed E-state index contributed by atoms with van der Waals surface area (Å²) < 4.78 is 10.8. The van der Waals surface area contributed by atoms with Crippen LogP contribution in [0.5, 0.6) is 11.5 Å². The standard InChI is InChI=1S/C18H23NO2/c1-15-4-3-5-16(14-15)10-11-19-12-13-21-18-8-6-17(20-2)7-9-18/h3-9,14,19H,10-13H2,1-2H3. The second-order valence-electron chi connectivity index (χ2n) is 5.01. The molecule has 0 aromatic heterocycles. The molecule has 0 saturated carbocycles. The van der Waals surface area contributed by atoms with E-state index < -0.39 is 0 Å². The lowest BCUT2D eigenvalue weighted by Crippen LogP contribution is -2.23. The third kappa shape index (κ3) is 5.48. The lowest BCUT2D eigenvalue weighted by Gasteiger charge is -2.08. The molecule has 21 heavy (non-hydrogen) atoms. The van der Waals surface area contributed by atoms with Crippen LogP contribution >= 0.6 is 0 Å². The number of hydrogen-bond acceptors (Lipinski definition) is 3. The second-order valence-corrected chi connectivity index (χ2v) is 5.01. The predicted octanol–water partition coefficient (Wildman–Crippen LogP) is 3.21. The molecule has 3 nitrogen and oxygen atoms in total. The number of methoxy groups -OCH3 is 1. The van der Waals surface area contributed by atoms with E-state index in [1.54, 1.807) is 7.11 Å². The Kier molecular flexibility index (Phi) is 6.10. The molecule has 0 amide bonds. The third-order valence-electron chi connectivity index (χ3n) is 3.28. The molecule has 0 unspecified atom stereocenters. The summed E-state index contributed by atoms with van der Waals surface area (Å²) in [6.07, 6.45) is 1.05. The van der Waals surface area contributed by atoms with Crippen molar-refractivity contribution in [2.45, 2.75) is 13.3 Å². The largest absolute Gasteiger partial charge is 0.497 e. The van der Waals surface area contributed by atoms with Crippen LogP contribution in [-0.2, 0) is 6.42 Å². The van der Waals surface area contributed by atoms with Crippen molar-refractivity contribution in [3.63, 3.8) is 0 Å². The molecular weight excluding hydrogens is 262 g/mol. The van der Waals surface area contributed by atoms with E-state index in [2.05, 4.69) is 36.5 Å². The highest BCUT2D eigenvalue weighted by Crippen LogP contribution is 2.16. The number of nitrogens with one attached hydrogen (secondary N) is 1. The average molecular weight is 285 g/mol. The predicted molar refractivity (Wildman–Crippen MR) is 86.2 cm³/mol. The van der Waals surface area contributed by atoms with Crippen LogP contribution in [0.2, 0.25) is 0 Å². The summed E-state index contributed by atoms with van der Waals surface area (Å²) >= 11 is 0. The fourth-order valence-corrected chi connectivity index (χ4v) is 2.14. The summed E-state index contributed by atoms with van der Waals surface area (Å²) in [5, 5.41) is 3.40. The van der Waals surface area contributed by atoms with Crippen molar-refractivity contribution in [1.82, 2.24) is 5.32 Å². The Morgan fingerprint density at radius 1 is 0.952 bits per heavy atom. The molecule has 0 aliphatic carbocycles. The molecule has 2 rings (SSSR count). The van der Waals surface area contributed by atoms with Gasteiger partial charge in [0.1, 0.15) is 18.1 Å². The van der Waals surface area contributed by atoms with Crippen molar-refractivity contribution in [3.05, 3.63) is 59.7 Å². The quantitative estimate of drug-likeness (QED) is 0.755. The van der Waals surface area contributed by atoms with Gasteiger partial charge in [0, 0.05) is 6.54 Å². The average Bonchev–Trinajstić information content (AvgIpc) is 2.51. The first-order valence-corrected chi connectivity index (χ1v) is 7.31. The number of aryl methyl sites for hydroxylation is 1. The van der Waals surface area contributed by atoms with Gasteiger partial charge in [-0.05, 0) is 49.7 Å². The molecule has 0 fully saturated rings. The smallest absolute Gasteiger partial charge is 0.119 e. The zero-order valence-corrected chi connectivity index (χ0v) is 12.8. The molecule has 2 aromatic rings. The monoisotopic (exact) mass is 285 g/mol. The van der Waals surface area contributed by atoms with E-state index in [0.717, 1.165) is 31.0 Å². The Labute approximate surface area is 126 Å². The molecule has 0 heterocycles. The summed E-state index contributed by atoms with van der Waals surface area (Å²) in [5.74, 6) is 1.72. The molecule has 112 valence electrons. The van der Waals surface area contributed by atoms with Gasteiger partial charge < -0.3 is 14.8 Å². The first-order valence-electron chi connectivity index (χ1n) is 7.31. The van der Waals surface area contributed by atoms with Gasteiger partial charge in [0.15, 0.2) is 0 Å². The Hall–Kier alpha value is -2.00. The number of benzene rings is 2. The maximum absolute atomic E-state index is 5.66.